The molecular weight excluding hydrogens is 298 g/mol. The van der Waals surface area contributed by atoms with E-state index in [0.29, 0.717) is 42.8 Å². The Morgan fingerprint density at radius 2 is 2.04 bits per heavy atom. The van der Waals surface area contributed by atoms with Crippen LogP contribution >= 0.6 is 0 Å². The topological polar surface area (TPSA) is 84.6 Å². The normalized spacial score (nSPS) is 15.4. The molecule has 1 saturated heterocycles. The summed E-state index contributed by atoms with van der Waals surface area (Å²) in [6.07, 6.45) is 4.08. The van der Waals surface area contributed by atoms with Gasteiger partial charge < -0.3 is 19.1 Å². The number of aromatic nitrogens is 3. The average Bonchev–Trinajstić information content (AvgIpc) is 2.87. The van der Waals surface area contributed by atoms with Gasteiger partial charge in [-0.3, -0.25) is 4.79 Å². The highest BCUT2D eigenvalue weighted by atomic mass is 16.5. The minimum atomic E-state index is -0.102. The van der Waals surface area contributed by atoms with Gasteiger partial charge in [-0.25, -0.2) is 9.97 Å². The van der Waals surface area contributed by atoms with E-state index in [9.17, 15) is 4.79 Å². The largest absolute Gasteiger partial charge is 0.478 e. The van der Waals surface area contributed by atoms with E-state index in [-0.39, 0.29) is 5.91 Å². The Labute approximate surface area is 134 Å². The molecule has 0 aromatic carbocycles. The highest BCUT2D eigenvalue weighted by Crippen LogP contribution is 2.23. The monoisotopic (exact) mass is 317 g/mol. The Balaban J connectivity index is 1.71. The van der Waals surface area contributed by atoms with Crippen LogP contribution in [0, 0.1) is 6.92 Å². The van der Waals surface area contributed by atoms with Crippen LogP contribution in [-0.2, 0) is 0 Å². The lowest BCUT2D eigenvalue weighted by Gasteiger charge is -2.23. The number of hydrogen-bond donors (Lipinski definition) is 0. The van der Waals surface area contributed by atoms with Crippen LogP contribution in [0.1, 0.15) is 22.7 Å². The van der Waals surface area contributed by atoms with E-state index in [1.165, 1.54) is 0 Å². The molecule has 0 saturated carbocycles. The summed E-state index contributed by atoms with van der Waals surface area (Å²) in [5.41, 5.74) is 0.355. The van der Waals surface area contributed by atoms with Crippen molar-refractivity contribution >= 4 is 11.7 Å². The second-order valence-corrected chi connectivity index (χ2v) is 5.34. The van der Waals surface area contributed by atoms with Gasteiger partial charge in [0.25, 0.3) is 11.8 Å². The Morgan fingerprint density at radius 1 is 1.22 bits per heavy atom. The number of carbonyl (C=O) groups excluding carboxylic acids is 1. The van der Waals surface area contributed by atoms with E-state index in [0.717, 1.165) is 13.0 Å². The van der Waals surface area contributed by atoms with Crippen LogP contribution < -0.4 is 9.64 Å². The lowest BCUT2D eigenvalue weighted by Crippen LogP contribution is -2.35. The minimum Gasteiger partial charge on any atom is -0.478 e. The predicted octanol–water partition coefficient (Wildman–Crippen LogP) is 1.13. The standard InChI is InChI=1S/C15H19N5O3/c1-11-10-12(18-23-11)15(21)20-7-3-6-19(8-9-20)13-14(22-2)17-5-4-16-13/h4-5,10H,3,6-9H2,1-2H3. The zero-order valence-electron chi connectivity index (χ0n) is 13.2. The molecule has 3 heterocycles. The molecule has 0 spiro atoms. The van der Waals surface area contributed by atoms with Gasteiger partial charge in [-0.2, -0.15) is 0 Å². The summed E-state index contributed by atoms with van der Waals surface area (Å²) >= 11 is 0. The molecule has 1 aliphatic heterocycles. The molecule has 0 radical (unpaired) electrons. The Kier molecular flexibility index (Phi) is 4.40. The third-order valence-electron chi connectivity index (χ3n) is 3.77. The number of carbonyl (C=O) groups is 1. The van der Waals surface area contributed by atoms with Crippen molar-refractivity contribution in [1.82, 2.24) is 20.0 Å². The van der Waals surface area contributed by atoms with Crippen LogP contribution in [-0.4, -0.2) is 59.2 Å². The number of hydrogen-bond acceptors (Lipinski definition) is 7. The SMILES string of the molecule is COc1nccnc1N1CCCN(C(=O)c2cc(C)on2)CC1. The summed E-state index contributed by atoms with van der Waals surface area (Å²) in [4.78, 5) is 24.9. The maximum absolute atomic E-state index is 12.5. The minimum absolute atomic E-state index is 0.102. The fourth-order valence-electron chi connectivity index (χ4n) is 2.64. The number of rotatable bonds is 3. The van der Waals surface area contributed by atoms with Gasteiger partial charge in [-0.15, -0.1) is 0 Å². The fourth-order valence-corrected chi connectivity index (χ4v) is 2.64. The van der Waals surface area contributed by atoms with Crippen LogP contribution in [0.2, 0.25) is 0 Å². The van der Waals surface area contributed by atoms with Crippen molar-refractivity contribution in [2.75, 3.05) is 38.2 Å². The quantitative estimate of drug-likeness (QED) is 0.839. The first-order valence-corrected chi connectivity index (χ1v) is 7.51. The summed E-state index contributed by atoms with van der Waals surface area (Å²) in [6, 6.07) is 1.66. The summed E-state index contributed by atoms with van der Waals surface area (Å²) in [7, 11) is 1.58. The van der Waals surface area contributed by atoms with Crippen molar-refractivity contribution in [1.29, 1.82) is 0 Å². The van der Waals surface area contributed by atoms with Crippen molar-refractivity contribution in [3.05, 3.63) is 29.9 Å². The van der Waals surface area contributed by atoms with Gasteiger partial charge in [-0.05, 0) is 13.3 Å². The molecule has 0 aliphatic carbocycles. The molecule has 1 amide bonds. The number of ether oxygens (including phenoxy) is 1. The third-order valence-corrected chi connectivity index (χ3v) is 3.77. The van der Waals surface area contributed by atoms with E-state index in [4.69, 9.17) is 9.26 Å². The van der Waals surface area contributed by atoms with Gasteiger partial charge >= 0.3 is 0 Å². The molecule has 0 unspecified atom stereocenters. The zero-order chi connectivity index (χ0) is 16.2. The molecular formula is C15H19N5O3. The van der Waals surface area contributed by atoms with Gasteiger partial charge in [0.05, 0.1) is 7.11 Å². The van der Waals surface area contributed by atoms with E-state index >= 15 is 0 Å². The van der Waals surface area contributed by atoms with Crippen LogP contribution in [0.3, 0.4) is 0 Å². The molecule has 3 rings (SSSR count). The summed E-state index contributed by atoms with van der Waals surface area (Å²) in [5.74, 6) is 1.74. The number of anilines is 1. The first kappa shape index (κ1) is 15.3. The van der Waals surface area contributed by atoms with E-state index < -0.39 is 0 Å². The highest BCUT2D eigenvalue weighted by Gasteiger charge is 2.24. The number of aryl methyl sites for hydroxylation is 1. The van der Waals surface area contributed by atoms with Crippen LogP contribution in [0.4, 0.5) is 5.82 Å². The predicted molar refractivity (Wildman–Crippen MR) is 82.6 cm³/mol. The molecule has 8 nitrogen and oxygen atoms in total. The van der Waals surface area contributed by atoms with E-state index in [1.54, 1.807) is 37.4 Å². The zero-order valence-corrected chi connectivity index (χ0v) is 13.2. The highest BCUT2D eigenvalue weighted by molar-refractivity contribution is 5.92. The van der Waals surface area contributed by atoms with Crippen LogP contribution in [0.15, 0.2) is 23.0 Å². The van der Waals surface area contributed by atoms with Crippen molar-refractivity contribution in [2.45, 2.75) is 13.3 Å². The Hall–Kier alpha value is -2.64. The molecule has 0 bridgehead atoms. The molecule has 1 fully saturated rings. The van der Waals surface area contributed by atoms with Crippen LogP contribution in [0.25, 0.3) is 0 Å². The van der Waals surface area contributed by atoms with Gasteiger partial charge in [0.1, 0.15) is 5.76 Å². The van der Waals surface area contributed by atoms with Gasteiger partial charge in [0.2, 0.25) is 0 Å². The molecule has 122 valence electrons. The maximum atomic E-state index is 12.5. The van der Waals surface area contributed by atoms with Crippen LogP contribution in [0.5, 0.6) is 5.88 Å². The van der Waals surface area contributed by atoms with Crippen molar-refractivity contribution in [3.63, 3.8) is 0 Å². The fraction of sp³-hybridized carbons (Fsp3) is 0.467. The molecule has 0 atom stereocenters. The Morgan fingerprint density at radius 3 is 2.78 bits per heavy atom. The van der Waals surface area contributed by atoms with E-state index in [1.807, 2.05) is 0 Å². The second kappa shape index (κ2) is 6.64. The summed E-state index contributed by atoms with van der Waals surface area (Å²) < 4.78 is 10.3. The first-order chi connectivity index (χ1) is 11.2. The smallest absolute Gasteiger partial charge is 0.276 e. The number of amides is 1. The second-order valence-electron chi connectivity index (χ2n) is 5.34. The number of nitrogens with zero attached hydrogens (tertiary/aromatic N) is 5. The van der Waals surface area contributed by atoms with Gasteiger partial charge in [-0.1, -0.05) is 5.16 Å². The van der Waals surface area contributed by atoms with Crippen molar-refractivity contribution in [2.24, 2.45) is 0 Å². The number of methoxy groups -OCH3 is 1. The van der Waals surface area contributed by atoms with Crippen molar-refractivity contribution < 1.29 is 14.1 Å². The van der Waals surface area contributed by atoms with Gasteiger partial charge in [0, 0.05) is 44.6 Å². The maximum Gasteiger partial charge on any atom is 0.276 e. The average molecular weight is 317 g/mol. The molecule has 2 aromatic rings. The molecule has 1 aliphatic rings. The molecule has 0 N–H and O–H groups in total. The molecule has 8 heteroatoms. The first-order valence-electron chi connectivity index (χ1n) is 7.51. The van der Waals surface area contributed by atoms with Crippen molar-refractivity contribution in [3.8, 4) is 5.88 Å². The molecule has 2 aromatic heterocycles. The van der Waals surface area contributed by atoms with Gasteiger partial charge in [0.15, 0.2) is 11.5 Å². The lowest BCUT2D eigenvalue weighted by molar-refractivity contribution is 0.0756. The third kappa shape index (κ3) is 3.25. The Bertz CT molecular complexity index is 687. The lowest BCUT2D eigenvalue weighted by atomic mass is 10.3. The summed E-state index contributed by atoms with van der Waals surface area (Å²) in [6.45, 7) is 4.48. The van der Waals surface area contributed by atoms with E-state index in [2.05, 4.69) is 20.0 Å². The summed E-state index contributed by atoms with van der Waals surface area (Å²) in [5, 5.41) is 3.80. The molecule has 23 heavy (non-hydrogen) atoms.